The molecule has 1 aromatic heterocycles. The molecule has 11 nitrogen and oxygen atoms in total. The first-order chi connectivity index (χ1) is 14.7. The fourth-order valence-corrected chi connectivity index (χ4v) is 5.26. The SMILES string of the molecule is Cc1ccc2ncsc2c1S(=O)(=O)Oc1ccc(N=NC2C(=O)NC(=O)NC2=O)cc1.[Na]. The minimum atomic E-state index is -4.12. The summed E-state index contributed by atoms with van der Waals surface area (Å²) in [5.74, 6) is -1.74. The maximum Gasteiger partial charge on any atom is 0.340 e. The average molecular weight is 482 g/mol. The summed E-state index contributed by atoms with van der Waals surface area (Å²) in [6.07, 6.45) is 0. The van der Waals surface area contributed by atoms with Crippen molar-refractivity contribution in [1.82, 2.24) is 15.6 Å². The predicted octanol–water partition coefficient (Wildman–Crippen LogP) is 1.81. The van der Waals surface area contributed by atoms with Gasteiger partial charge in [-0.2, -0.15) is 18.6 Å². The molecule has 1 saturated heterocycles. The van der Waals surface area contributed by atoms with E-state index in [2.05, 4.69) is 15.2 Å². The molecular weight excluding hydrogens is 469 g/mol. The molecule has 2 heterocycles. The number of amides is 4. The molecule has 0 unspecified atom stereocenters. The van der Waals surface area contributed by atoms with Crippen molar-refractivity contribution in [2.24, 2.45) is 10.2 Å². The summed E-state index contributed by atoms with van der Waals surface area (Å²) in [4.78, 5) is 38.5. The third kappa shape index (κ3) is 4.86. The Morgan fingerprint density at radius 2 is 1.69 bits per heavy atom. The van der Waals surface area contributed by atoms with Crippen LogP contribution in [0.25, 0.3) is 10.2 Å². The Balaban J connectivity index is 0.00000289. The number of barbiturate groups is 1. The van der Waals surface area contributed by atoms with Crippen molar-refractivity contribution in [3.8, 4) is 5.75 Å². The minimum Gasteiger partial charge on any atom is -0.379 e. The third-order valence-corrected chi connectivity index (χ3v) is 6.63. The molecule has 1 fully saturated rings. The number of nitrogens with zero attached hydrogens (tertiary/aromatic N) is 3. The van der Waals surface area contributed by atoms with Crippen LogP contribution < -0.4 is 14.8 Å². The number of thiazole rings is 1. The first-order valence-corrected chi connectivity index (χ1v) is 11.0. The summed E-state index contributed by atoms with van der Waals surface area (Å²) in [5.41, 5.74) is 2.89. The number of aromatic nitrogens is 1. The zero-order chi connectivity index (χ0) is 22.2. The molecule has 0 spiro atoms. The molecule has 0 aliphatic carbocycles. The van der Waals surface area contributed by atoms with Gasteiger partial charge in [-0.1, -0.05) is 6.07 Å². The van der Waals surface area contributed by atoms with Gasteiger partial charge in [0.25, 0.3) is 11.8 Å². The third-order valence-electron chi connectivity index (χ3n) is 4.20. The number of rotatable bonds is 5. The number of urea groups is 1. The Hall–Kier alpha value is -2.71. The molecule has 2 N–H and O–H groups in total. The fourth-order valence-electron chi connectivity index (χ4n) is 2.79. The molecule has 32 heavy (non-hydrogen) atoms. The summed E-state index contributed by atoms with van der Waals surface area (Å²) < 4.78 is 31.5. The van der Waals surface area contributed by atoms with E-state index in [0.29, 0.717) is 15.8 Å². The average Bonchev–Trinajstić information content (AvgIpc) is 3.16. The van der Waals surface area contributed by atoms with E-state index in [-0.39, 0.29) is 45.9 Å². The van der Waals surface area contributed by atoms with Crippen LogP contribution in [0, 0.1) is 6.92 Å². The summed E-state index contributed by atoms with van der Waals surface area (Å²) in [7, 11) is -4.12. The first kappa shape index (κ1) is 23.9. The Labute approximate surface area is 207 Å². The molecular formula is C18H13N5NaO6S2. The van der Waals surface area contributed by atoms with Crippen LogP contribution >= 0.6 is 11.3 Å². The van der Waals surface area contributed by atoms with E-state index >= 15 is 0 Å². The Kier molecular flexibility index (Phi) is 7.05. The number of hydrogen-bond acceptors (Lipinski definition) is 10. The van der Waals surface area contributed by atoms with Crippen LogP contribution in [0.15, 0.2) is 57.0 Å². The number of aryl methyl sites for hydroxylation is 1. The normalized spacial score (nSPS) is 14.8. The molecule has 0 bridgehead atoms. The molecule has 14 heteroatoms. The van der Waals surface area contributed by atoms with Gasteiger partial charge >= 0.3 is 16.1 Å². The van der Waals surface area contributed by atoms with Gasteiger partial charge in [0.15, 0.2) is 0 Å². The number of hydrogen-bond donors (Lipinski definition) is 2. The second-order valence-electron chi connectivity index (χ2n) is 6.37. The van der Waals surface area contributed by atoms with Crippen LogP contribution in [0.1, 0.15) is 5.56 Å². The van der Waals surface area contributed by atoms with Crippen molar-refractivity contribution < 1.29 is 27.0 Å². The van der Waals surface area contributed by atoms with Gasteiger partial charge in [-0.25, -0.2) is 9.78 Å². The largest absolute Gasteiger partial charge is 0.379 e. The second-order valence-corrected chi connectivity index (χ2v) is 8.71. The molecule has 1 radical (unpaired) electrons. The predicted molar refractivity (Wildman–Crippen MR) is 114 cm³/mol. The van der Waals surface area contributed by atoms with Gasteiger partial charge in [0.05, 0.1) is 21.4 Å². The second kappa shape index (κ2) is 9.42. The van der Waals surface area contributed by atoms with Gasteiger partial charge in [0.1, 0.15) is 10.6 Å². The van der Waals surface area contributed by atoms with E-state index in [1.807, 2.05) is 10.6 Å². The summed E-state index contributed by atoms with van der Waals surface area (Å²) in [6, 6.07) is 6.49. The standard InChI is InChI=1S/C18H13N5O6S2.Na/c1-9-2-7-12-14(30-8-19-12)15(9)31(27,28)29-11-5-3-10(4-6-11)22-23-13-16(24)20-18(26)21-17(13)25;/h2-8,13H,1H3,(H2,20,21,24,25,26);. The molecule has 0 saturated carbocycles. The fraction of sp³-hybridized carbons (Fsp3) is 0.111. The van der Waals surface area contributed by atoms with Crippen LogP contribution in [-0.2, 0) is 19.7 Å². The molecule has 4 rings (SSSR count). The minimum absolute atomic E-state index is 0. The zero-order valence-electron chi connectivity index (χ0n) is 16.7. The number of benzene rings is 2. The van der Waals surface area contributed by atoms with Gasteiger partial charge in [0, 0.05) is 29.6 Å². The van der Waals surface area contributed by atoms with Crippen molar-refractivity contribution in [1.29, 1.82) is 0 Å². The number of azo groups is 1. The molecule has 0 atom stereocenters. The molecule has 2 aromatic carbocycles. The molecule has 3 aromatic rings. The molecule has 1 aliphatic rings. The van der Waals surface area contributed by atoms with Crippen LogP contribution in [0.4, 0.5) is 10.5 Å². The van der Waals surface area contributed by atoms with E-state index in [0.717, 1.165) is 0 Å². The van der Waals surface area contributed by atoms with E-state index in [1.54, 1.807) is 24.6 Å². The van der Waals surface area contributed by atoms with Crippen molar-refractivity contribution >= 4 is 84.8 Å². The van der Waals surface area contributed by atoms with Crippen molar-refractivity contribution in [3.63, 3.8) is 0 Å². The maximum atomic E-state index is 12.8. The first-order valence-electron chi connectivity index (χ1n) is 8.68. The van der Waals surface area contributed by atoms with Gasteiger partial charge in [-0.05, 0) is 42.8 Å². The van der Waals surface area contributed by atoms with E-state index < -0.39 is 34.0 Å². The molecule has 159 valence electrons. The van der Waals surface area contributed by atoms with Gasteiger partial charge in [0.2, 0.25) is 6.04 Å². The Morgan fingerprint density at radius 3 is 2.34 bits per heavy atom. The van der Waals surface area contributed by atoms with E-state index in [4.69, 9.17) is 4.18 Å². The topological polar surface area (TPSA) is 156 Å². The summed E-state index contributed by atoms with van der Waals surface area (Å²) in [6.45, 7) is 1.67. The van der Waals surface area contributed by atoms with E-state index in [1.165, 1.54) is 35.6 Å². The van der Waals surface area contributed by atoms with Crippen LogP contribution in [0.5, 0.6) is 5.75 Å². The summed E-state index contributed by atoms with van der Waals surface area (Å²) >= 11 is 1.20. The summed E-state index contributed by atoms with van der Waals surface area (Å²) in [5, 5.41) is 11.2. The van der Waals surface area contributed by atoms with Gasteiger partial charge in [-0.15, -0.1) is 11.3 Å². The monoisotopic (exact) mass is 482 g/mol. The van der Waals surface area contributed by atoms with Crippen molar-refractivity contribution in [2.75, 3.05) is 0 Å². The van der Waals surface area contributed by atoms with E-state index in [9.17, 15) is 22.8 Å². The van der Waals surface area contributed by atoms with Crippen LogP contribution in [0.2, 0.25) is 0 Å². The Bertz CT molecular complexity index is 1330. The van der Waals surface area contributed by atoms with Crippen molar-refractivity contribution in [2.45, 2.75) is 17.9 Å². The van der Waals surface area contributed by atoms with Gasteiger partial charge < -0.3 is 4.18 Å². The smallest absolute Gasteiger partial charge is 0.340 e. The molecule has 4 amide bonds. The van der Waals surface area contributed by atoms with Gasteiger partial charge in [-0.3, -0.25) is 20.2 Å². The molecule has 1 aliphatic heterocycles. The number of nitrogens with one attached hydrogen (secondary N) is 2. The number of fused-ring (bicyclic) bond motifs is 1. The van der Waals surface area contributed by atoms with Crippen LogP contribution in [0.3, 0.4) is 0 Å². The zero-order valence-corrected chi connectivity index (χ0v) is 20.4. The van der Waals surface area contributed by atoms with Crippen LogP contribution in [-0.4, -0.2) is 66.8 Å². The quantitative estimate of drug-likeness (QED) is 0.243. The number of carbonyl (C=O) groups excluding carboxylic acids is 3. The maximum absolute atomic E-state index is 12.8. The number of carbonyl (C=O) groups is 3. The Morgan fingerprint density at radius 1 is 1.03 bits per heavy atom. The number of imide groups is 2. The van der Waals surface area contributed by atoms with Crippen molar-refractivity contribution in [3.05, 3.63) is 47.5 Å².